The summed E-state index contributed by atoms with van der Waals surface area (Å²) in [4.78, 5) is 8.75. The van der Waals surface area contributed by atoms with Crippen LogP contribution in [0.5, 0.6) is 0 Å². The SMILES string of the molecule is C=CCc1ccc2nc(CC)ncc2c1. The first-order valence-electron chi connectivity index (χ1n) is 5.19. The van der Waals surface area contributed by atoms with Crippen LogP contribution in [0.1, 0.15) is 18.3 Å². The number of hydrogen-bond donors (Lipinski definition) is 0. The number of aryl methyl sites for hydroxylation is 1. The van der Waals surface area contributed by atoms with Crippen LogP contribution in [0, 0.1) is 0 Å². The van der Waals surface area contributed by atoms with Gasteiger partial charge in [-0.3, -0.25) is 0 Å². The summed E-state index contributed by atoms with van der Waals surface area (Å²) in [5.74, 6) is 0.902. The lowest BCUT2D eigenvalue weighted by Gasteiger charge is -2.02. The highest BCUT2D eigenvalue weighted by molar-refractivity contribution is 5.78. The highest BCUT2D eigenvalue weighted by Gasteiger charge is 1.99. The molecule has 0 saturated carbocycles. The van der Waals surface area contributed by atoms with Crippen LogP contribution in [-0.2, 0) is 12.8 Å². The van der Waals surface area contributed by atoms with E-state index in [1.54, 1.807) is 0 Å². The standard InChI is InChI=1S/C13H14N2/c1-3-5-10-6-7-12-11(8-10)9-14-13(4-2)15-12/h3,6-9H,1,4-5H2,2H3. The van der Waals surface area contributed by atoms with Gasteiger partial charge in [-0.15, -0.1) is 6.58 Å². The van der Waals surface area contributed by atoms with Crippen LogP contribution in [0.3, 0.4) is 0 Å². The zero-order chi connectivity index (χ0) is 10.7. The van der Waals surface area contributed by atoms with Gasteiger partial charge >= 0.3 is 0 Å². The lowest BCUT2D eigenvalue weighted by Crippen LogP contribution is -1.93. The molecule has 0 spiro atoms. The highest BCUT2D eigenvalue weighted by Crippen LogP contribution is 2.14. The first-order valence-corrected chi connectivity index (χ1v) is 5.19. The van der Waals surface area contributed by atoms with Crippen molar-refractivity contribution in [2.24, 2.45) is 0 Å². The maximum Gasteiger partial charge on any atom is 0.128 e. The van der Waals surface area contributed by atoms with E-state index in [0.29, 0.717) is 0 Å². The van der Waals surface area contributed by atoms with E-state index in [0.717, 1.165) is 29.6 Å². The van der Waals surface area contributed by atoms with Crippen LogP contribution < -0.4 is 0 Å². The van der Waals surface area contributed by atoms with E-state index >= 15 is 0 Å². The average Bonchev–Trinajstić information content (AvgIpc) is 2.29. The Morgan fingerprint density at radius 2 is 2.27 bits per heavy atom. The summed E-state index contributed by atoms with van der Waals surface area (Å²) >= 11 is 0. The van der Waals surface area contributed by atoms with Crippen LogP contribution in [0.25, 0.3) is 10.9 Å². The monoisotopic (exact) mass is 198 g/mol. The maximum atomic E-state index is 4.46. The van der Waals surface area contributed by atoms with E-state index in [-0.39, 0.29) is 0 Å². The normalized spacial score (nSPS) is 10.5. The second kappa shape index (κ2) is 4.22. The molecule has 2 heteroatoms. The number of allylic oxidation sites excluding steroid dienone is 1. The largest absolute Gasteiger partial charge is 0.241 e. The molecule has 0 fully saturated rings. The van der Waals surface area contributed by atoms with E-state index in [1.165, 1.54) is 5.56 Å². The molecular weight excluding hydrogens is 184 g/mol. The van der Waals surface area contributed by atoms with Crippen LogP contribution >= 0.6 is 0 Å². The van der Waals surface area contributed by atoms with E-state index < -0.39 is 0 Å². The Morgan fingerprint density at radius 1 is 1.40 bits per heavy atom. The molecule has 2 aromatic rings. The average molecular weight is 198 g/mol. The van der Waals surface area contributed by atoms with Crippen LogP contribution in [0.4, 0.5) is 0 Å². The third kappa shape index (κ3) is 2.04. The second-order valence-corrected chi connectivity index (χ2v) is 3.53. The third-order valence-corrected chi connectivity index (χ3v) is 2.39. The maximum absolute atomic E-state index is 4.46. The molecule has 15 heavy (non-hydrogen) atoms. The van der Waals surface area contributed by atoms with Crippen molar-refractivity contribution in [2.45, 2.75) is 19.8 Å². The van der Waals surface area contributed by atoms with E-state index in [1.807, 2.05) is 12.3 Å². The summed E-state index contributed by atoms with van der Waals surface area (Å²) in [7, 11) is 0. The molecule has 1 aromatic carbocycles. The fourth-order valence-corrected chi connectivity index (χ4v) is 1.59. The van der Waals surface area contributed by atoms with Gasteiger partial charge in [0.05, 0.1) is 5.52 Å². The molecule has 1 heterocycles. The number of aromatic nitrogens is 2. The molecule has 0 atom stereocenters. The van der Waals surface area contributed by atoms with Gasteiger partial charge in [-0.1, -0.05) is 19.1 Å². The summed E-state index contributed by atoms with van der Waals surface area (Å²) in [6, 6.07) is 6.27. The number of rotatable bonds is 3. The highest BCUT2D eigenvalue weighted by atomic mass is 14.9. The molecule has 1 aromatic heterocycles. The van der Waals surface area contributed by atoms with Gasteiger partial charge in [0.15, 0.2) is 0 Å². The van der Waals surface area contributed by atoms with E-state index in [9.17, 15) is 0 Å². The quantitative estimate of drug-likeness (QED) is 0.709. The van der Waals surface area contributed by atoms with Crippen molar-refractivity contribution in [1.29, 1.82) is 0 Å². The van der Waals surface area contributed by atoms with Crippen molar-refractivity contribution in [3.05, 3.63) is 48.4 Å². The third-order valence-electron chi connectivity index (χ3n) is 2.39. The number of fused-ring (bicyclic) bond motifs is 1. The van der Waals surface area contributed by atoms with E-state index in [4.69, 9.17) is 0 Å². The Hall–Kier alpha value is -1.70. The van der Waals surface area contributed by atoms with Gasteiger partial charge in [0.2, 0.25) is 0 Å². The first-order chi connectivity index (χ1) is 7.33. The molecule has 0 aliphatic carbocycles. The van der Waals surface area contributed by atoms with Gasteiger partial charge < -0.3 is 0 Å². The minimum Gasteiger partial charge on any atom is -0.241 e. The molecule has 2 rings (SSSR count). The molecule has 0 saturated heterocycles. The number of nitrogens with zero attached hydrogens (tertiary/aromatic N) is 2. The van der Waals surface area contributed by atoms with Gasteiger partial charge in [0.25, 0.3) is 0 Å². The van der Waals surface area contributed by atoms with Crippen molar-refractivity contribution >= 4 is 10.9 Å². The van der Waals surface area contributed by atoms with Gasteiger partial charge in [0, 0.05) is 18.0 Å². The smallest absolute Gasteiger partial charge is 0.128 e. The van der Waals surface area contributed by atoms with Crippen LogP contribution in [0.15, 0.2) is 37.1 Å². The van der Waals surface area contributed by atoms with Gasteiger partial charge in [-0.05, 0) is 24.1 Å². The van der Waals surface area contributed by atoms with Gasteiger partial charge in [-0.25, -0.2) is 9.97 Å². The van der Waals surface area contributed by atoms with Gasteiger partial charge in [0.1, 0.15) is 5.82 Å². The van der Waals surface area contributed by atoms with Crippen molar-refractivity contribution in [2.75, 3.05) is 0 Å². The van der Waals surface area contributed by atoms with E-state index in [2.05, 4.69) is 41.7 Å². The number of benzene rings is 1. The zero-order valence-corrected chi connectivity index (χ0v) is 8.90. The molecule has 0 N–H and O–H groups in total. The molecule has 0 amide bonds. The molecule has 0 aliphatic rings. The molecule has 0 radical (unpaired) electrons. The van der Waals surface area contributed by atoms with Crippen molar-refractivity contribution in [1.82, 2.24) is 9.97 Å². The Bertz CT molecular complexity index is 489. The molecule has 0 aliphatic heterocycles. The van der Waals surface area contributed by atoms with Gasteiger partial charge in [-0.2, -0.15) is 0 Å². The predicted octanol–water partition coefficient (Wildman–Crippen LogP) is 2.92. The Kier molecular flexibility index (Phi) is 2.77. The Balaban J connectivity index is 2.49. The summed E-state index contributed by atoms with van der Waals surface area (Å²) in [5.41, 5.74) is 2.28. The minimum atomic E-state index is 0.879. The molecule has 76 valence electrons. The summed E-state index contributed by atoms with van der Waals surface area (Å²) in [6.07, 6.45) is 5.58. The predicted molar refractivity (Wildman–Crippen MR) is 62.8 cm³/mol. The molecular formula is C13H14N2. The second-order valence-electron chi connectivity index (χ2n) is 3.53. The van der Waals surface area contributed by atoms with Crippen molar-refractivity contribution in [3.63, 3.8) is 0 Å². The fourth-order valence-electron chi connectivity index (χ4n) is 1.59. The summed E-state index contributed by atoms with van der Waals surface area (Å²) < 4.78 is 0. The topological polar surface area (TPSA) is 25.8 Å². The lowest BCUT2D eigenvalue weighted by molar-refractivity contribution is 0.960. The number of hydrogen-bond acceptors (Lipinski definition) is 2. The Morgan fingerprint density at radius 3 is 3.00 bits per heavy atom. The lowest BCUT2D eigenvalue weighted by atomic mass is 10.1. The van der Waals surface area contributed by atoms with Crippen molar-refractivity contribution < 1.29 is 0 Å². The zero-order valence-electron chi connectivity index (χ0n) is 8.90. The van der Waals surface area contributed by atoms with Crippen LogP contribution in [0.2, 0.25) is 0 Å². The summed E-state index contributed by atoms with van der Waals surface area (Å²) in [5, 5.41) is 1.10. The minimum absolute atomic E-state index is 0.879. The van der Waals surface area contributed by atoms with Crippen molar-refractivity contribution in [3.8, 4) is 0 Å². The Labute approximate surface area is 89.7 Å². The first kappa shape index (κ1) is 9.84. The molecule has 0 unspecified atom stereocenters. The van der Waals surface area contributed by atoms with Crippen LogP contribution in [-0.4, -0.2) is 9.97 Å². The fraction of sp³-hybridized carbons (Fsp3) is 0.231. The molecule has 2 nitrogen and oxygen atoms in total. The summed E-state index contributed by atoms with van der Waals surface area (Å²) in [6.45, 7) is 5.79. The molecule has 0 bridgehead atoms.